The summed E-state index contributed by atoms with van der Waals surface area (Å²) >= 11 is 0. The molecule has 4 heteroatoms. The smallest absolute Gasteiger partial charge is 0.197 e. The van der Waals surface area contributed by atoms with Crippen LogP contribution in [0.5, 0.6) is 11.8 Å². The first-order valence-electron chi connectivity index (χ1n) is 2.98. The summed E-state index contributed by atoms with van der Waals surface area (Å²) in [5.74, 6) is 0.0370. The first-order chi connectivity index (χ1) is 4.79. The molecular formula is C6H7NO3. The fraction of sp³-hybridized carbons (Fsp3) is 0.333. The molecular weight excluding hydrogens is 134 g/mol. The van der Waals surface area contributed by atoms with Gasteiger partial charge in [-0.2, -0.15) is 0 Å². The zero-order valence-electron chi connectivity index (χ0n) is 5.22. The van der Waals surface area contributed by atoms with Crippen LogP contribution in [0.15, 0.2) is 0 Å². The van der Waals surface area contributed by atoms with Gasteiger partial charge in [-0.3, -0.25) is 4.98 Å². The monoisotopic (exact) mass is 141 g/mol. The Kier molecular flexibility index (Phi) is 0.935. The molecule has 0 aromatic carbocycles. The summed E-state index contributed by atoms with van der Waals surface area (Å²) in [5.41, 5.74) is 1.36. The SMILES string of the molecule is Oc1[nH]c(O)c2c1COC2. The van der Waals surface area contributed by atoms with Crippen LogP contribution in [0.2, 0.25) is 0 Å². The van der Waals surface area contributed by atoms with Crippen molar-refractivity contribution in [2.75, 3.05) is 0 Å². The van der Waals surface area contributed by atoms with Crippen molar-refractivity contribution in [3.05, 3.63) is 11.1 Å². The molecule has 0 unspecified atom stereocenters. The molecule has 0 atom stereocenters. The summed E-state index contributed by atoms with van der Waals surface area (Å²) in [7, 11) is 0. The van der Waals surface area contributed by atoms with Crippen molar-refractivity contribution >= 4 is 0 Å². The van der Waals surface area contributed by atoms with E-state index in [2.05, 4.69) is 4.98 Å². The Labute approximate surface area is 57.1 Å². The molecule has 54 valence electrons. The topological polar surface area (TPSA) is 65.5 Å². The highest BCUT2D eigenvalue weighted by molar-refractivity contribution is 5.44. The first-order valence-corrected chi connectivity index (χ1v) is 2.98. The van der Waals surface area contributed by atoms with Crippen molar-refractivity contribution in [3.63, 3.8) is 0 Å². The minimum atomic E-state index is 0.0185. The van der Waals surface area contributed by atoms with Crippen LogP contribution in [-0.4, -0.2) is 15.2 Å². The fourth-order valence-electron chi connectivity index (χ4n) is 1.11. The number of hydrogen-bond donors (Lipinski definition) is 3. The van der Waals surface area contributed by atoms with E-state index in [4.69, 9.17) is 14.9 Å². The second-order valence-corrected chi connectivity index (χ2v) is 2.27. The van der Waals surface area contributed by atoms with Gasteiger partial charge in [0.15, 0.2) is 11.8 Å². The molecule has 1 aliphatic rings. The summed E-state index contributed by atoms with van der Waals surface area (Å²) in [6.07, 6.45) is 0. The molecule has 1 aliphatic heterocycles. The maximum Gasteiger partial charge on any atom is 0.197 e. The van der Waals surface area contributed by atoms with E-state index in [0.717, 1.165) is 0 Å². The maximum atomic E-state index is 9.06. The predicted molar refractivity (Wildman–Crippen MR) is 32.6 cm³/mol. The van der Waals surface area contributed by atoms with E-state index < -0.39 is 0 Å². The van der Waals surface area contributed by atoms with Gasteiger partial charge in [0.25, 0.3) is 0 Å². The molecule has 0 aliphatic carbocycles. The third-order valence-electron chi connectivity index (χ3n) is 1.67. The predicted octanol–water partition coefficient (Wildman–Crippen LogP) is 0.456. The van der Waals surface area contributed by atoms with Gasteiger partial charge in [0.1, 0.15) is 0 Å². The first kappa shape index (κ1) is 5.61. The maximum absolute atomic E-state index is 9.06. The van der Waals surface area contributed by atoms with Gasteiger partial charge in [-0.1, -0.05) is 0 Å². The molecule has 2 heterocycles. The second kappa shape index (κ2) is 1.67. The van der Waals surface area contributed by atoms with Crippen molar-refractivity contribution in [2.24, 2.45) is 0 Å². The van der Waals surface area contributed by atoms with Gasteiger partial charge in [-0.05, 0) is 0 Å². The lowest BCUT2D eigenvalue weighted by atomic mass is 10.2. The molecule has 1 aromatic rings. The van der Waals surface area contributed by atoms with Crippen molar-refractivity contribution in [3.8, 4) is 11.8 Å². The zero-order chi connectivity index (χ0) is 7.14. The van der Waals surface area contributed by atoms with E-state index in [1.54, 1.807) is 0 Å². The Bertz CT molecular complexity index is 242. The average Bonchev–Trinajstić information content (AvgIpc) is 2.39. The number of fused-ring (bicyclic) bond motifs is 1. The fourth-order valence-corrected chi connectivity index (χ4v) is 1.11. The van der Waals surface area contributed by atoms with Crippen LogP contribution in [0.1, 0.15) is 11.1 Å². The number of nitrogens with one attached hydrogen (secondary N) is 1. The quantitative estimate of drug-likeness (QED) is 0.491. The Morgan fingerprint density at radius 1 is 1.10 bits per heavy atom. The van der Waals surface area contributed by atoms with Gasteiger partial charge in [0.05, 0.1) is 13.2 Å². The molecule has 0 saturated carbocycles. The van der Waals surface area contributed by atoms with E-state index in [9.17, 15) is 0 Å². The van der Waals surface area contributed by atoms with E-state index >= 15 is 0 Å². The Morgan fingerprint density at radius 2 is 1.60 bits per heavy atom. The summed E-state index contributed by atoms with van der Waals surface area (Å²) in [6, 6.07) is 0. The van der Waals surface area contributed by atoms with Crippen LogP contribution in [0, 0.1) is 0 Å². The van der Waals surface area contributed by atoms with E-state index in [-0.39, 0.29) is 11.8 Å². The van der Waals surface area contributed by atoms with Crippen molar-refractivity contribution in [1.82, 2.24) is 4.98 Å². The third-order valence-corrected chi connectivity index (χ3v) is 1.67. The van der Waals surface area contributed by atoms with Gasteiger partial charge in [-0.25, -0.2) is 0 Å². The Hall–Kier alpha value is -1.16. The van der Waals surface area contributed by atoms with Crippen LogP contribution in [-0.2, 0) is 18.0 Å². The van der Waals surface area contributed by atoms with Gasteiger partial charge in [0, 0.05) is 11.1 Å². The third kappa shape index (κ3) is 0.537. The molecule has 0 radical (unpaired) electrons. The van der Waals surface area contributed by atoms with Crippen molar-refractivity contribution < 1.29 is 14.9 Å². The molecule has 0 amide bonds. The summed E-state index contributed by atoms with van der Waals surface area (Å²) in [6.45, 7) is 0.774. The van der Waals surface area contributed by atoms with E-state index in [0.29, 0.717) is 24.3 Å². The van der Waals surface area contributed by atoms with E-state index in [1.165, 1.54) is 0 Å². The number of rotatable bonds is 0. The molecule has 0 fully saturated rings. The molecule has 3 N–H and O–H groups in total. The number of aromatic hydroxyl groups is 2. The van der Waals surface area contributed by atoms with Crippen LogP contribution in [0.3, 0.4) is 0 Å². The lowest BCUT2D eigenvalue weighted by molar-refractivity contribution is 0.130. The lowest BCUT2D eigenvalue weighted by Crippen LogP contribution is -1.77. The highest BCUT2D eigenvalue weighted by Crippen LogP contribution is 2.34. The number of ether oxygens (including phenoxy) is 1. The van der Waals surface area contributed by atoms with E-state index in [1.807, 2.05) is 0 Å². The van der Waals surface area contributed by atoms with Crippen LogP contribution < -0.4 is 0 Å². The van der Waals surface area contributed by atoms with Gasteiger partial charge in [-0.15, -0.1) is 0 Å². The highest BCUT2D eigenvalue weighted by Gasteiger charge is 2.21. The second-order valence-electron chi connectivity index (χ2n) is 2.27. The summed E-state index contributed by atoms with van der Waals surface area (Å²) < 4.78 is 4.98. The van der Waals surface area contributed by atoms with Crippen molar-refractivity contribution in [1.29, 1.82) is 0 Å². The molecule has 0 spiro atoms. The Morgan fingerprint density at radius 3 is 2.10 bits per heavy atom. The van der Waals surface area contributed by atoms with Crippen LogP contribution >= 0.6 is 0 Å². The molecule has 0 bridgehead atoms. The van der Waals surface area contributed by atoms with Gasteiger partial charge in [0.2, 0.25) is 0 Å². The van der Waals surface area contributed by atoms with Crippen molar-refractivity contribution in [2.45, 2.75) is 13.2 Å². The summed E-state index contributed by atoms with van der Waals surface area (Å²) in [4.78, 5) is 2.41. The number of H-pyrrole nitrogens is 1. The highest BCUT2D eigenvalue weighted by atomic mass is 16.5. The molecule has 0 saturated heterocycles. The normalized spacial score (nSPS) is 15.6. The zero-order valence-corrected chi connectivity index (χ0v) is 5.22. The average molecular weight is 141 g/mol. The minimum absolute atomic E-state index is 0.0185. The molecule has 1 aromatic heterocycles. The largest absolute Gasteiger partial charge is 0.494 e. The number of aromatic amines is 1. The molecule has 2 rings (SSSR count). The van der Waals surface area contributed by atoms with Gasteiger partial charge < -0.3 is 14.9 Å². The van der Waals surface area contributed by atoms with Crippen LogP contribution in [0.25, 0.3) is 0 Å². The minimum Gasteiger partial charge on any atom is -0.494 e. The van der Waals surface area contributed by atoms with Gasteiger partial charge >= 0.3 is 0 Å². The number of hydrogen-bond acceptors (Lipinski definition) is 3. The van der Waals surface area contributed by atoms with Crippen LogP contribution in [0.4, 0.5) is 0 Å². The summed E-state index contributed by atoms with van der Waals surface area (Å²) in [5, 5.41) is 18.1. The lowest BCUT2D eigenvalue weighted by Gasteiger charge is -1.89. The standard InChI is InChI=1S/C6H7NO3/c8-5-3-1-10-2-4(3)6(9)7-5/h7-9H,1-2H2. The molecule has 10 heavy (non-hydrogen) atoms. The molecule has 4 nitrogen and oxygen atoms in total. The Balaban J connectivity index is 2.61. The number of aromatic nitrogens is 1.